The lowest BCUT2D eigenvalue weighted by atomic mass is 10.0. The summed E-state index contributed by atoms with van der Waals surface area (Å²) in [4.78, 5) is 37.4. The first kappa shape index (κ1) is 38.0. The molecule has 0 bridgehead atoms. The van der Waals surface area contributed by atoms with Gasteiger partial charge < -0.3 is 36.7 Å². The van der Waals surface area contributed by atoms with E-state index in [1.165, 1.54) is 19.2 Å². The molecule has 1 amide bonds. The Morgan fingerprint density at radius 1 is 0.917 bits per heavy atom. The minimum Gasteiger partial charge on any atom is -0.496 e. The number of alkyl halides is 6. The van der Waals surface area contributed by atoms with Crippen LogP contribution in [-0.2, 0) is 9.59 Å². The molecule has 4 aromatic rings. The maximum atomic E-state index is 14.2. The normalized spacial score (nSPS) is 11.5. The lowest BCUT2D eigenvalue weighted by Crippen LogP contribution is -2.21. The van der Waals surface area contributed by atoms with Crippen molar-refractivity contribution in [2.45, 2.75) is 18.4 Å². The number of carboxylic acids is 2. The van der Waals surface area contributed by atoms with Crippen LogP contribution in [0.15, 0.2) is 72.9 Å². The predicted octanol–water partition coefficient (Wildman–Crippen LogP) is 5.08. The number of aromatic amines is 1. The number of imidazole rings is 1. The van der Waals surface area contributed by atoms with Gasteiger partial charge in [-0.1, -0.05) is 18.2 Å². The number of halogens is 7. The van der Waals surface area contributed by atoms with Gasteiger partial charge in [-0.2, -0.15) is 26.3 Å². The summed E-state index contributed by atoms with van der Waals surface area (Å²) in [6.45, 7) is 0. The van der Waals surface area contributed by atoms with Crippen LogP contribution in [0.25, 0.3) is 11.3 Å². The molecule has 0 radical (unpaired) electrons. The number of rotatable bonds is 8. The number of carboxylic acid groups (broad SMARTS) is 2. The molecule has 3 aromatic carbocycles. The molecule has 1 heterocycles. The highest BCUT2D eigenvalue weighted by Crippen LogP contribution is 2.34. The molecule has 256 valence electrons. The third-order valence-corrected chi connectivity index (χ3v) is 5.85. The second-order valence-electron chi connectivity index (χ2n) is 9.15. The van der Waals surface area contributed by atoms with Gasteiger partial charge in [0.15, 0.2) is 0 Å². The van der Waals surface area contributed by atoms with E-state index in [1.54, 1.807) is 60.8 Å². The first-order chi connectivity index (χ1) is 22.3. The largest absolute Gasteiger partial charge is 0.496 e. The van der Waals surface area contributed by atoms with Crippen molar-refractivity contribution in [1.29, 1.82) is 5.41 Å². The molecule has 1 atom stereocenters. The fourth-order valence-corrected chi connectivity index (χ4v) is 3.69. The quantitative estimate of drug-likeness (QED) is 0.0746. The van der Waals surface area contributed by atoms with Crippen LogP contribution in [0.5, 0.6) is 5.75 Å². The minimum absolute atomic E-state index is 0.0429. The van der Waals surface area contributed by atoms with Crippen molar-refractivity contribution in [3.63, 3.8) is 0 Å². The van der Waals surface area contributed by atoms with E-state index >= 15 is 0 Å². The molecular weight excluding hydrogens is 661 g/mol. The summed E-state index contributed by atoms with van der Waals surface area (Å²) in [5.74, 6) is -5.61. The number of hydrogen-bond acceptors (Lipinski definition) is 7. The molecular formula is C29H25F7N6O6. The van der Waals surface area contributed by atoms with Gasteiger partial charge in [-0.25, -0.2) is 19.0 Å². The van der Waals surface area contributed by atoms with E-state index in [9.17, 15) is 35.5 Å². The van der Waals surface area contributed by atoms with Crippen LogP contribution in [0.3, 0.4) is 0 Å². The number of amides is 1. The molecule has 0 saturated carbocycles. The number of anilines is 1. The van der Waals surface area contributed by atoms with Crippen LogP contribution < -0.4 is 21.5 Å². The zero-order valence-corrected chi connectivity index (χ0v) is 24.3. The summed E-state index contributed by atoms with van der Waals surface area (Å²) in [7, 11) is 1.51. The molecule has 0 aliphatic rings. The van der Waals surface area contributed by atoms with Crippen LogP contribution in [-0.4, -0.2) is 63.3 Å². The SMILES string of the molecule is COc1ccc(F)cc1C(Nc1ccc(C(=N)N)cc1)c1ncc(-c2ccccc2C(N)=O)[nH]1.O=C(O)C(F)(F)F.O=C(O)C(F)(F)F. The second kappa shape index (κ2) is 15.9. The third-order valence-electron chi connectivity index (χ3n) is 5.85. The van der Waals surface area contributed by atoms with Gasteiger partial charge in [-0.15, -0.1) is 0 Å². The number of ether oxygens (including phenoxy) is 1. The van der Waals surface area contributed by atoms with Gasteiger partial charge in [0.25, 0.3) is 0 Å². The second-order valence-corrected chi connectivity index (χ2v) is 9.15. The number of amidine groups is 1. The van der Waals surface area contributed by atoms with Gasteiger partial charge in [0.1, 0.15) is 29.3 Å². The molecule has 0 spiro atoms. The Hall–Kier alpha value is -6.14. The Balaban J connectivity index is 0.000000479. The van der Waals surface area contributed by atoms with Crippen LogP contribution in [0.2, 0.25) is 0 Å². The van der Waals surface area contributed by atoms with Gasteiger partial charge >= 0.3 is 24.3 Å². The highest BCUT2D eigenvalue weighted by Gasteiger charge is 2.38. The van der Waals surface area contributed by atoms with Crippen LogP contribution in [0.4, 0.5) is 36.4 Å². The summed E-state index contributed by atoms with van der Waals surface area (Å²) in [5, 5.41) is 25.2. The fourth-order valence-electron chi connectivity index (χ4n) is 3.69. The summed E-state index contributed by atoms with van der Waals surface area (Å²) in [6.07, 6.45) is -8.57. The number of methoxy groups -OCH3 is 1. The van der Waals surface area contributed by atoms with Gasteiger partial charge in [-0.3, -0.25) is 10.2 Å². The number of nitrogens with zero attached hydrogens (tertiary/aromatic N) is 1. The summed E-state index contributed by atoms with van der Waals surface area (Å²) >= 11 is 0. The molecule has 19 heteroatoms. The van der Waals surface area contributed by atoms with Crippen molar-refractivity contribution < 1.29 is 60.1 Å². The number of nitrogen functional groups attached to an aromatic ring is 1. The van der Waals surface area contributed by atoms with Crippen molar-refractivity contribution in [1.82, 2.24) is 9.97 Å². The molecule has 9 N–H and O–H groups in total. The minimum atomic E-state index is -5.08. The van der Waals surface area contributed by atoms with E-state index in [0.29, 0.717) is 45.2 Å². The number of nitrogens with one attached hydrogen (secondary N) is 3. The molecule has 0 saturated heterocycles. The average Bonchev–Trinajstić information content (AvgIpc) is 3.49. The predicted molar refractivity (Wildman–Crippen MR) is 156 cm³/mol. The molecule has 1 aromatic heterocycles. The molecule has 1 unspecified atom stereocenters. The van der Waals surface area contributed by atoms with E-state index in [-0.39, 0.29) is 5.84 Å². The Kier molecular flexibility index (Phi) is 12.6. The molecule has 4 rings (SSSR count). The van der Waals surface area contributed by atoms with Crippen molar-refractivity contribution >= 4 is 29.4 Å². The zero-order valence-electron chi connectivity index (χ0n) is 24.3. The van der Waals surface area contributed by atoms with E-state index in [2.05, 4.69) is 15.3 Å². The number of carbonyl (C=O) groups excluding carboxylic acids is 1. The first-order valence-electron chi connectivity index (χ1n) is 12.8. The number of benzene rings is 3. The molecule has 12 nitrogen and oxygen atoms in total. The molecule has 48 heavy (non-hydrogen) atoms. The molecule has 0 fully saturated rings. The number of nitrogens with two attached hydrogens (primary N) is 2. The number of aromatic nitrogens is 2. The van der Waals surface area contributed by atoms with E-state index in [1.807, 2.05) is 0 Å². The van der Waals surface area contributed by atoms with E-state index in [4.69, 9.17) is 41.4 Å². The van der Waals surface area contributed by atoms with Gasteiger partial charge in [-0.05, 0) is 48.5 Å². The van der Waals surface area contributed by atoms with Crippen molar-refractivity contribution in [2.75, 3.05) is 12.4 Å². The number of hydrogen-bond donors (Lipinski definition) is 7. The molecule has 0 aliphatic heterocycles. The number of H-pyrrole nitrogens is 1. The topological polar surface area (TPSA) is 217 Å². The van der Waals surface area contributed by atoms with Crippen molar-refractivity contribution in [3.05, 3.63) is 101 Å². The first-order valence-corrected chi connectivity index (χ1v) is 12.8. The Labute approximate surface area is 265 Å². The summed E-state index contributed by atoms with van der Waals surface area (Å²) < 4.78 is 83.2. The summed E-state index contributed by atoms with van der Waals surface area (Å²) in [6, 6.07) is 17.5. The standard InChI is InChI=1S/C25H23FN6O2.2C2HF3O2/c1-34-21-11-8-15(26)12-19(21)22(31-16-9-6-14(7-10-16)23(27)28)25-30-13-20(32-25)17-4-2-3-5-18(17)24(29)33;2*3-2(4,5)1(6)7/h2-13,22,31H,1H3,(H3,27,28)(H2,29,33)(H,30,32);2*(H,6,7). The van der Waals surface area contributed by atoms with E-state index < -0.39 is 42.1 Å². The van der Waals surface area contributed by atoms with Crippen LogP contribution in [0, 0.1) is 11.2 Å². The highest BCUT2D eigenvalue weighted by atomic mass is 19.4. The Bertz CT molecular complexity index is 1730. The smallest absolute Gasteiger partial charge is 0.490 e. The third kappa shape index (κ3) is 10.7. The fraction of sp³-hybridized carbons (Fsp3) is 0.138. The van der Waals surface area contributed by atoms with Gasteiger partial charge in [0.2, 0.25) is 5.91 Å². The van der Waals surface area contributed by atoms with Crippen LogP contribution >= 0.6 is 0 Å². The molecule has 0 aliphatic carbocycles. The summed E-state index contributed by atoms with van der Waals surface area (Å²) in [5.41, 5.74) is 14.4. The maximum absolute atomic E-state index is 14.2. The number of aliphatic carboxylic acids is 2. The van der Waals surface area contributed by atoms with E-state index in [0.717, 1.165) is 0 Å². The number of primary amides is 1. The number of carbonyl (C=O) groups is 3. The highest BCUT2D eigenvalue weighted by molar-refractivity contribution is 5.99. The Morgan fingerprint density at radius 2 is 1.46 bits per heavy atom. The average molecular weight is 687 g/mol. The van der Waals surface area contributed by atoms with Gasteiger partial charge in [0.05, 0.1) is 19.0 Å². The van der Waals surface area contributed by atoms with Gasteiger partial charge in [0, 0.05) is 27.9 Å². The van der Waals surface area contributed by atoms with Crippen molar-refractivity contribution in [3.8, 4) is 17.0 Å². The monoisotopic (exact) mass is 686 g/mol. The lowest BCUT2D eigenvalue weighted by molar-refractivity contribution is -0.193. The van der Waals surface area contributed by atoms with Crippen molar-refractivity contribution in [2.24, 2.45) is 11.5 Å². The van der Waals surface area contributed by atoms with Crippen LogP contribution in [0.1, 0.15) is 33.4 Å². The maximum Gasteiger partial charge on any atom is 0.490 e. The Morgan fingerprint density at radius 3 is 1.94 bits per heavy atom. The zero-order chi connectivity index (χ0) is 36.4. The lowest BCUT2D eigenvalue weighted by Gasteiger charge is -2.21.